The van der Waals surface area contributed by atoms with Gasteiger partial charge in [-0.25, -0.2) is 0 Å². The molecule has 3 atom stereocenters. The Hall–Kier alpha value is -0.0800. The Morgan fingerprint density at radius 3 is 2.64 bits per heavy atom. The first-order valence-corrected chi connectivity index (χ1v) is 4.57. The summed E-state index contributed by atoms with van der Waals surface area (Å²) in [7, 11) is 4.09. The summed E-state index contributed by atoms with van der Waals surface area (Å²) in [6, 6.07) is 1.59. The Labute approximate surface area is 68.5 Å². The van der Waals surface area contributed by atoms with Gasteiger partial charge in [0.15, 0.2) is 0 Å². The third-order valence-corrected chi connectivity index (χ3v) is 3.41. The molecule has 3 unspecified atom stereocenters. The predicted molar refractivity (Wildman–Crippen MR) is 44.6 cm³/mol. The van der Waals surface area contributed by atoms with Crippen LogP contribution in [0.5, 0.6) is 0 Å². The number of fused-ring (bicyclic) bond motifs is 2. The van der Waals surface area contributed by atoms with Crippen molar-refractivity contribution in [3.63, 3.8) is 0 Å². The van der Waals surface area contributed by atoms with Crippen LogP contribution in [-0.2, 0) is 4.74 Å². The summed E-state index contributed by atoms with van der Waals surface area (Å²) >= 11 is 0. The molecule has 2 aliphatic heterocycles. The molecule has 2 heterocycles. The molecule has 2 rings (SSSR count). The van der Waals surface area contributed by atoms with E-state index >= 15 is 0 Å². The molecule has 0 aromatic rings. The number of likely N-dealkylation sites (N-methyl/N-ethyl adjacent to an activating group) is 1. The first kappa shape index (κ1) is 7.56. The van der Waals surface area contributed by atoms with Crippen molar-refractivity contribution < 1.29 is 4.74 Å². The van der Waals surface area contributed by atoms with E-state index in [1.807, 2.05) is 7.11 Å². The van der Waals surface area contributed by atoms with Gasteiger partial charge in [0.1, 0.15) is 0 Å². The fourth-order valence-electron chi connectivity index (χ4n) is 2.66. The van der Waals surface area contributed by atoms with Crippen molar-refractivity contribution in [3.8, 4) is 0 Å². The molecule has 0 amide bonds. The van der Waals surface area contributed by atoms with Crippen molar-refractivity contribution in [2.75, 3.05) is 14.2 Å². The normalized spacial score (nSPS) is 44.7. The summed E-state index contributed by atoms with van der Waals surface area (Å²) in [4.78, 5) is 2.51. The SMILES string of the molecule is COC1CCC2CCC1N2C. The number of hydrogen-bond acceptors (Lipinski definition) is 2. The lowest BCUT2D eigenvalue weighted by Gasteiger charge is -2.36. The smallest absolute Gasteiger partial charge is 0.0727 e. The van der Waals surface area contributed by atoms with Gasteiger partial charge in [-0.15, -0.1) is 0 Å². The Kier molecular flexibility index (Phi) is 1.90. The highest BCUT2D eigenvalue weighted by Gasteiger charge is 2.39. The van der Waals surface area contributed by atoms with E-state index in [1.54, 1.807) is 0 Å². The molecule has 0 aliphatic carbocycles. The van der Waals surface area contributed by atoms with Gasteiger partial charge in [-0.3, -0.25) is 4.90 Å². The summed E-state index contributed by atoms with van der Waals surface area (Å²) < 4.78 is 5.45. The minimum atomic E-state index is 0.513. The van der Waals surface area contributed by atoms with E-state index in [4.69, 9.17) is 4.74 Å². The number of hydrogen-bond donors (Lipinski definition) is 0. The Morgan fingerprint density at radius 1 is 1.18 bits per heavy atom. The standard InChI is InChI=1S/C9H17NO/c1-10-7-3-5-8(10)9(11-2)6-4-7/h7-9H,3-6H2,1-2H3. The molecule has 2 aliphatic rings. The summed E-state index contributed by atoms with van der Waals surface area (Å²) in [6.07, 6.45) is 5.86. The van der Waals surface area contributed by atoms with Crippen molar-refractivity contribution in [2.24, 2.45) is 0 Å². The number of piperidine rings is 1. The predicted octanol–water partition coefficient (Wildman–Crippen LogP) is 1.26. The van der Waals surface area contributed by atoms with Crippen molar-refractivity contribution in [2.45, 2.75) is 43.9 Å². The van der Waals surface area contributed by atoms with Crippen molar-refractivity contribution in [3.05, 3.63) is 0 Å². The first-order chi connectivity index (χ1) is 5.33. The van der Waals surface area contributed by atoms with E-state index in [0.717, 1.165) is 12.1 Å². The van der Waals surface area contributed by atoms with E-state index in [0.29, 0.717) is 6.10 Å². The lowest BCUT2D eigenvalue weighted by Crippen LogP contribution is -2.45. The van der Waals surface area contributed by atoms with Gasteiger partial charge in [-0.1, -0.05) is 0 Å². The van der Waals surface area contributed by atoms with Crippen LogP contribution >= 0.6 is 0 Å². The fourth-order valence-corrected chi connectivity index (χ4v) is 2.66. The fraction of sp³-hybridized carbons (Fsp3) is 1.00. The van der Waals surface area contributed by atoms with Gasteiger partial charge in [0.05, 0.1) is 6.10 Å². The Bertz CT molecular complexity index is 148. The zero-order chi connectivity index (χ0) is 7.84. The molecule has 11 heavy (non-hydrogen) atoms. The zero-order valence-corrected chi connectivity index (χ0v) is 7.42. The van der Waals surface area contributed by atoms with E-state index in [2.05, 4.69) is 11.9 Å². The maximum atomic E-state index is 5.45. The molecule has 0 radical (unpaired) electrons. The second-order valence-corrected chi connectivity index (χ2v) is 3.82. The lowest BCUT2D eigenvalue weighted by atomic mass is 10.0. The summed E-state index contributed by atoms with van der Waals surface area (Å²) in [5.41, 5.74) is 0. The van der Waals surface area contributed by atoms with Crippen LogP contribution in [-0.4, -0.2) is 37.2 Å². The molecule has 64 valence electrons. The molecule has 2 bridgehead atoms. The molecule has 0 spiro atoms. The van der Waals surface area contributed by atoms with Crippen LogP contribution in [0.3, 0.4) is 0 Å². The highest BCUT2D eigenvalue weighted by atomic mass is 16.5. The van der Waals surface area contributed by atoms with Gasteiger partial charge in [-0.2, -0.15) is 0 Å². The molecule has 0 aromatic carbocycles. The topological polar surface area (TPSA) is 12.5 Å². The Balaban J connectivity index is 2.08. The van der Waals surface area contributed by atoms with Crippen LogP contribution in [0.2, 0.25) is 0 Å². The van der Waals surface area contributed by atoms with E-state index in [1.165, 1.54) is 25.7 Å². The third kappa shape index (κ3) is 1.09. The number of ether oxygens (including phenoxy) is 1. The van der Waals surface area contributed by atoms with E-state index in [9.17, 15) is 0 Å². The average molecular weight is 155 g/mol. The molecule has 2 nitrogen and oxygen atoms in total. The quantitative estimate of drug-likeness (QED) is 0.565. The van der Waals surface area contributed by atoms with Crippen LogP contribution in [0.15, 0.2) is 0 Å². The number of nitrogens with zero attached hydrogens (tertiary/aromatic N) is 1. The van der Waals surface area contributed by atoms with Crippen LogP contribution in [0.25, 0.3) is 0 Å². The van der Waals surface area contributed by atoms with Gasteiger partial charge in [-0.05, 0) is 32.7 Å². The largest absolute Gasteiger partial charge is 0.380 e. The van der Waals surface area contributed by atoms with Crippen molar-refractivity contribution >= 4 is 0 Å². The molecule has 2 heteroatoms. The third-order valence-electron chi connectivity index (χ3n) is 3.41. The first-order valence-electron chi connectivity index (χ1n) is 4.57. The number of methoxy groups -OCH3 is 1. The van der Waals surface area contributed by atoms with Crippen molar-refractivity contribution in [1.29, 1.82) is 0 Å². The highest BCUT2D eigenvalue weighted by molar-refractivity contribution is 4.95. The van der Waals surface area contributed by atoms with Gasteiger partial charge in [0, 0.05) is 19.2 Å². The lowest BCUT2D eigenvalue weighted by molar-refractivity contribution is -0.00350. The second kappa shape index (κ2) is 2.76. The molecule has 2 saturated heterocycles. The summed E-state index contributed by atoms with van der Waals surface area (Å²) in [6.45, 7) is 0. The van der Waals surface area contributed by atoms with Crippen LogP contribution in [0, 0.1) is 0 Å². The van der Waals surface area contributed by atoms with Gasteiger partial charge in [0.25, 0.3) is 0 Å². The molecular weight excluding hydrogens is 138 g/mol. The van der Waals surface area contributed by atoms with Crippen LogP contribution in [0.4, 0.5) is 0 Å². The minimum Gasteiger partial charge on any atom is -0.380 e. The zero-order valence-electron chi connectivity index (χ0n) is 7.42. The van der Waals surface area contributed by atoms with Crippen molar-refractivity contribution in [1.82, 2.24) is 4.90 Å². The van der Waals surface area contributed by atoms with E-state index < -0.39 is 0 Å². The monoisotopic (exact) mass is 155 g/mol. The van der Waals surface area contributed by atoms with Gasteiger partial charge in [0.2, 0.25) is 0 Å². The average Bonchev–Trinajstić information content (AvgIpc) is 2.31. The maximum Gasteiger partial charge on any atom is 0.0727 e. The highest BCUT2D eigenvalue weighted by Crippen LogP contribution is 2.35. The maximum absolute atomic E-state index is 5.45. The van der Waals surface area contributed by atoms with Gasteiger partial charge < -0.3 is 4.74 Å². The molecule has 0 saturated carbocycles. The van der Waals surface area contributed by atoms with Crippen LogP contribution < -0.4 is 0 Å². The molecular formula is C9H17NO. The summed E-state index contributed by atoms with van der Waals surface area (Å²) in [5, 5.41) is 0. The molecule has 0 aromatic heterocycles. The van der Waals surface area contributed by atoms with Gasteiger partial charge >= 0.3 is 0 Å². The molecule has 0 N–H and O–H groups in total. The minimum absolute atomic E-state index is 0.513. The Morgan fingerprint density at radius 2 is 1.91 bits per heavy atom. The second-order valence-electron chi connectivity index (χ2n) is 3.82. The summed E-state index contributed by atoms with van der Waals surface area (Å²) in [5.74, 6) is 0. The van der Waals surface area contributed by atoms with Crippen LogP contribution in [0.1, 0.15) is 25.7 Å². The van der Waals surface area contributed by atoms with E-state index in [-0.39, 0.29) is 0 Å². The number of rotatable bonds is 1. The molecule has 2 fully saturated rings.